The van der Waals surface area contributed by atoms with Gasteiger partial charge in [0.1, 0.15) is 4.62 Å². The van der Waals surface area contributed by atoms with Crippen LogP contribution < -0.4 is 0 Å². The molecule has 0 amide bonds. The normalized spacial score (nSPS) is 39.5. The number of fused-ring (bicyclic) bond motifs is 1. The molecular weight excluding hydrogens is 234 g/mol. The molecule has 1 saturated heterocycles. The molecule has 0 bridgehead atoms. The third-order valence-corrected chi connectivity index (χ3v) is 4.32. The summed E-state index contributed by atoms with van der Waals surface area (Å²) in [6.07, 6.45) is -0.241. The summed E-state index contributed by atoms with van der Waals surface area (Å²) in [5, 5.41) is 3.66. The van der Waals surface area contributed by atoms with E-state index >= 15 is 0 Å². The van der Waals surface area contributed by atoms with Crippen molar-refractivity contribution in [1.82, 2.24) is 0 Å². The van der Waals surface area contributed by atoms with Crippen molar-refractivity contribution in [2.45, 2.75) is 6.10 Å². The van der Waals surface area contributed by atoms with E-state index in [1.165, 1.54) is 0 Å². The van der Waals surface area contributed by atoms with Gasteiger partial charge in [0.15, 0.2) is 15.9 Å². The zero-order valence-corrected chi connectivity index (χ0v) is 7.93. The molecule has 0 aromatic rings. The lowest BCUT2D eigenvalue weighted by Gasteiger charge is -2.01. The third-order valence-electron chi connectivity index (χ3n) is 1.88. The summed E-state index contributed by atoms with van der Waals surface area (Å²) in [4.78, 5) is 4.89. The van der Waals surface area contributed by atoms with Gasteiger partial charge in [-0.3, -0.25) is 0 Å². The van der Waals surface area contributed by atoms with Crippen molar-refractivity contribution in [3.05, 3.63) is 0 Å². The molecule has 0 unspecified atom stereocenters. The van der Waals surface area contributed by atoms with Gasteiger partial charge in [0.05, 0.1) is 17.4 Å². The summed E-state index contributed by atoms with van der Waals surface area (Å²) in [5.41, 5.74) is 0. The van der Waals surface area contributed by atoms with Gasteiger partial charge >= 0.3 is 0 Å². The van der Waals surface area contributed by atoms with Crippen molar-refractivity contribution in [2.24, 2.45) is 11.1 Å². The Kier molecular flexibility index (Phi) is 1.51. The van der Waals surface area contributed by atoms with Gasteiger partial charge in [0.25, 0.3) is 0 Å². The van der Waals surface area contributed by atoms with E-state index in [9.17, 15) is 8.42 Å². The maximum Gasteiger partial charge on any atom is 0.154 e. The van der Waals surface area contributed by atoms with Crippen molar-refractivity contribution in [1.29, 1.82) is 0 Å². The van der Waals surface area contributed by atoms with Crippen LogP contribution in [0.1, 0.15) is 0 Å². The molecule has 0 N–H and O–H groups in total. The molecule has 2 aliphatic heterocycles. The van der Waals surface area contributed by atoms with E-state index in [2.05, 4.69) is 21.1 Å². The quantitative estimate of drug-likeness (QED) is 0.605. The third kappa shape index (κ3) is 1.18. The summed E-state index contributed by atoms with van der Waals surface area (Å²) in [7, 11) is -2.87. The van der Waals surface area contributed by atoms with Crippen LogP contribution in [0.4, 0.5) is 0 Å². The SMILES string of the molecule is O=S1(=O)C[C@H]2ON=C(Br)[C@@H]2C1. The Hall–Kier alpha value is -0.100. The van der Waals surface area contributed by atoms with Crippen LogP contribution in [0, 0.1) is 5.92 Å². The van der Waals surface area contributed by atoms with E-state index in [1.807, 2.05) is 0 Å². The fraction of sp³-hybridized carbons (Fsp3) is 0.800. The number of nitrogens with zero attached hydrogens (tertiary/aromatic N) is 1. The number of oxime groups is 1. The molecule has 2 aliphatic rings. The minimum absolute atomic E-state index is 0.0556. The van der Waals surface area contributed by atoms with Crippen LogP contribution in [0.25, 0.3) is 0 Å². The molecule has 6 heteroatoms. The Balaban J connectivity index is 2.29. The molecule has 1 fully saturated rings. The Bertz CT molecular complexity index is 310. The smallest absolute Gasteiger partial charge is 0.154 e. The topological polar surface area (TPSA) is 55.7 Å². The van der Waals surface area contributed by atoms with Crippen LogP contribution in [-0.2, 0) is 14.7 Å². The minimum atomic E-state index is -2.87. The molecule has 2 atom stereocenters. The van der Waals surface area contributed by atoms with E-state index in [0.717, 1.165) is 0 Å². The van der Waals surface area contributed by atoms with Crippen molar-refractivity contribution in [2.75, 3.05) is 11.5 Å². The highest BCUT2D eigenvalue weighted by Crippen LogP contribution is 2.30. The van der Waals surface area contributed by atoms with Crippen molar-refractivity contribution in [3.63, 3.8) is 0 Å². The minimum Gasteiger partial charge on any atom is -0.390 e. The molecule has 0 aromatic carbocycles. The summed E-state index contributed by atoms with van der Waals surface area (Å²) >= 11 is 3.16. The lowest BCUT2D eigenvalue weighted by molar-refractivity contribution is 0.0882. The molecule has 0 saturated carbocycles. The molecular formula is C5H6BrNO3S. The average molecular weight is 240 g/mol. The van der Waals surface area contributed by atoms with Gasteiger partial charge in [-0.15, -0.1) is 0 Å². The molecule has 4 nitrogen and oxygen atoms in total. The highest BCUT2D eigenvalue weighted by molar-refractivity contribution is 9.18. The molecule has 2 heterocycles. The maximum absolute atomic E-state index is 11.0. The van der Waals surface area contributed by atoms with Gasteiger partial charge in [0.2, 0.25) is 0 Å². The van der Waals surface area contributed by atoms with Crippen LogP contribution in [-0.4, -0.2) is 30.6 Å². The zero-order valence-electron chi connectivity index (χ0n) is 5.53. The van der Waals surface area contributed by atoms with Crippen molar-refractivity contribution < 1.29 is 13.3 Å². The van der Waals surface area contributed by atoms with Crippen LogP contribution >= 0.6 is 15.9 Å². The summed E-state index contributed by atoms with van der Waals surface area (Å²) in [5.74, 6) is 0.220. The van der Waals surface area contributed by atoms with Gasteiger partial charge in [-0.25, -0.2) is 8.42 Å². The zero-order chi connectivity index (χ0) is 8.06. The molecule has 2 rings (SSSR count). The summed E-state index contributed by atoms with van der Waals surface area (Å²) in [6.45, 7) is 0. The summed E-state index contributed by atoms with van der Waals surface area (Å²) < 4.78 is 22.7. The van der Waals surface area contributed by atoms with E-state index < -0.39 is 9.84 Å². The number of halogens is 1. The van der Waals surface area contributed by atoms with E-state index in [0.29, 0.717) is 4.62 Å². The number of sulfone groups is 1. The standard InChI is InChI=1S/C5H6BrNO3S/c6-5-3-1-11(8,9)2-4(3)10-7-5/h3-4H,1-2H2/t3-,4-/m1/s1. The molecule has 0 radical (unpaired) electrons. The first kappa shape index (κ1) is 7.54. The van der Waals surface area contributed by atoms with E-state index in [4.69, 9.17) is 4.84 Å². The Morgan fingerprint density at radius 3 is 2.91 bits per heavy atom. The van der Waals surface area contributed by atoms with Crippen molar-refractivity contribution >= 4 is 30.4 Å². The molecule has 0 aromatic heterocycles. The largest absolute Gasteiger partial charge is 0.390 e. The second-order valence-corrected chi connectivity index (χ2v) is 5.71. The van der Waals surface area contributed by atoms with E-state index in [1.54, 1.807) is 0 Å². The van der Waals surface area contributed by atoms with Gasteiger partial charge in [0, 0.05) is 0 Å². The highest BCUT2D eigenvalue weighted by atomic mass is 79.9. The second kappa shape index (κ2) is 2.20. The molecule has 11 heavy (non-hydrogen) atoms. The highest BCUT2D eigenvalue weighted by Gasteiger charge is 2.45. The second-order valence-electron chi connectivity index (χ2n) is 2.74. The van der Waals surface area contributed by atoms with Crippen LogP contribution in [0.2, 0.25) is 0 Å². The number of rotatable bonds is 0. The fourth-order valence-electron chi connectivity index (χ4n) is 1.33. The Morgan fingerprint density at radius 1 is 1.55 bits per heavy atom. The number of hydrogen-bond donors (Lipinski definition) is 0. The monoisotopic (exact) mass is 239 g/mol. The first-order valence-electron chi connectivity index (χ1n) is 3.18. The first-order chi connectivity index (χ1) is 5.08. The Morgan fingerprint density at radius 2 is 2.27 bits per heavy atom. The van der Waals surface area contributed by atoms with Crippen LogP contribution in [0.3, 0.4) is 0 Å². The van der Waals surface area contributed by atoms with Crippen LogP contribution in [0.15, 0.2) is 5.16 Å². The predicted molar refractivity (Wildman–Crippen MR) is 43.4 cm³/mol. The summed E-state index contributed by atoms with van der Waals surface area (Å²) in [6, 6.07) is 0. The lowest BCUT2D eigenvalue weighted by atomic mass is 10.1. The fourth-order valence-corrected chi connectivity index (χ4v) is 3.93. The van der Waals surface area contributed by atoms with Gasteiger partial charge in [-0.1, -0.05) is 5.16 Å². The molecule has 0 spiro atoms. The van der Waals surface area contributed by atoms with Crippen molar-refractivity contribution in [3.8, 4) is 0 Å². The van der Waals surface area contributed by atoms with Gasteiger partial charge < -0.3 is 4.84 Å². The lowest BCUT2D eigenvalue weighted by Crippen LogP contribution is -2.17. The van der Waals surface area contributed by atoms with Gasteiger partial charge in [-0.05, 0) is 15.9 Å². The first-order valence-corrected chi connectivity index (χ1v) is 5.79. The number of hydrogen-bond acceptors (Lipinski definition) is 4. The van der Waals surface area contributed by atoms with Gasteiger partial charge in [-0.2, -0.15) is 0 Å². The maximum atomic E-state index is 11.0. The Labute approximate surface area is 72.6 Å². The predicted octanol–water partition coefficient (Wildman–Crippen LogP) is 0.138. The van der Waals surface area contributed by atoms with Crippen LogP contribution in [0.5, 0.6) is 0 Å². The average Bonchev–Trinajstić information content (AvgIpc) is 2.31. The van der Waals surface area contributed by atoms with E-state index in [-0.39, 0.29) is 23.5 Å². The molecule has 62 valence electrons. The molecule has 0 aliphatic carbocycles.